The zero-order valence-electron chi connectivity index (χ0n) is 7.26. The summed E-state index contributed by atoms with van der Waals surface area (Å²) in [4.78, 5) is 12.5. The molecular formula is C7H13N3O2. The molecule has 0 amide bonds. The van der Waals surface area contributed by atoms with Crippen molar-refractivity contribution in [2.75, 3.05) is 32.1 Å². The van der Waals surface area contributed by atoms with E-state index in [9.17, 15) is 4.79 Å². The van der Waals surface area contributed by atoms with Gasteiger partial charge >= 0.3 is 0 Å². The third kappa shape index (κ3) is 2.13. The van der Waals surface area contributed by atoms with Gasteiger partial charge in [0.05, 0.1) is 6.07 Å². The molecule has 5 heteroatoms. The summed E-state index contributed by atoms with van der Waals surface area (Å²) in [6, 6.07) is 1.43. The zero-order chi connectivity index (χ0) is 8.97. The predicted octanol–water partition coefficient (Wildman–Crippen LogP) is -0.376. The molecule has 0 aliphatic carbocycles. The van der Waals surface area contributed by atoms with Gasteiger partial charge in [0.25, 0.3) is 5.56 Å². The van der Waals surface area contributed by atoms with Crippen LogP contribution in [0.2, 0.25) is 0 Å². The Balaban J connectivity index is 2.53. The summed E-state index contributed by atoms with van der Waals surface area (Å²) < 4.78 is 4.88. The topological polar surface area (TPSA) is 61.3 Å². The van der Waals surface area contributed by atoms with E-state index in [0.717, 1.165) is 13.1 Å². The van der Waals surface area contributed by atoms with Crippen LogP contribution < -0.4 is 15.8 Å². The van der Waals surface area contributed by atoms with E-state index in [2.05, 4.69) is 10.5 Å². The van der Waals surface area contributed by atoms with E-state index < -0.39 is 0 Å². The van der Waals surface area contributed by atoms with Gasteiger partial charge in [-0.05, 0) is 7.05 Å². The van der Waals surface area contributed by atoms with Crippen LogP contribution in [0.4, 0.5) is 5.88 Å². The molecule has 1 rings (SSSR count). The van der Waals surface area contributed by atoms with Gasteiger partial charge in [-0.15, -0.1) is 0 Å². The van der Waals surface area contributed by atoms with Crippen LogP contribution in [0, 0.1) is 0 Å². The molecular weight excluding hydrogens is 158 g/mol. The SMILES string of the molecule is CNCCN(C)c1cc(=O)[nH]o1. The first-order chi connectivity index (χ1) is 5.74. The average molecular weight is 171 g/mol. The zero-order valence-corrected chi connectivity index (χ0v) is 7.26. The first-order valence-corrected chi connectivity index (χ1v) is 3.78. The lowest BCUT2D eigenvalue weighted by Gasteiger charge is -2.13. The fourth-order valence-corrected chi connectivity index (χ4v) is 0.851. The molecule has 0 atom stereocenters. The summed E-state index contributed by atoms with van der Waals surface area (Å²) in [5, 5.41) is 5.24. The Bertz CT molecular complexity index is 278. The van der Waals surface area contributed by atoms with Crippen molar-refractivity contribution >= 4 is 5.88 Å². The molecule has 0 bridgehead atoms. The van der Waals surface area contributed by atoms with E-state index in [4.69, 9.17) is 4.52 Å². The van der Waals surface area contributed by atoms with Crippen molar-refractivity contribution in [2.45, 2.75) is 0 Å². The van der Waals surface area contributed by atoms with Gasteiger partial charge < -0.3 is 14.7 Å². The molecule has 12 heavy (non-hydrogen) atoms. The minimum atomic E-state index is -0.207. The van der Waals surface area contributed by atoms with Crippen LogP contribution in [0.1, 0.15) is 0 Å². The molecule has 0 saturated heterocycles. The highest BCUT2D eigenvalue weighted by Gasteiger charge is 2.04. The summed E-state index contributed by atoms with van der Waals surface area (Å²) in [6.07, 6.45) is 0. The molecule has 0 saturated carbocycles. The number of anilines is 1. The smallest absolute Gasteiger partial charge is 0.282 e. The van der Waals surface area contributed by atoms with Gasteiger partial charge in [0.2, 0.25) is 5.88 Å². The molecule has 0 radical (unpaired) electrons. The average Bonchev–Trinajstić information content (AvgIpc) is 2.47. The van der Waals surface area contributed by atoms with Crippen LogP contribution in [0.25, 0.3) is 0 Å². The fraction of sp³-hybridized carbons (Fsp3) is 0.571. The first-order valence-electron chi connectivity index (χ1n) is 3.78. The van der Waals surface area contributed by atoms with Crippen LogP contribution in [0.3, 0.4) is 0 Å². The van der Waals surface area contributed by atoms with Gasteiger partial charge in [-0.2, -0.15) is 5.16 Å². The van der Waals surface area contributed by atoms with E-state index >= 15 is 0 Å². The molecule has 0 aliphatic rings. The second-order valence-electron chi connectivity index (χ2n) is 2.58. The van der Waals surface area contributed by atoms with Crippen molar-refractivity contribution in [3.05, 3.63) is 16.4 Å². The van der Waals surface area contributed by atoms with Crippen LogP contribution in [0.5, 0.6) is 0 Å². The third-order valence-corrected chi connectivity index (χ3v) is 1.58. The largest absolute Gasteiger partial charge is 0.361 e. The van der Waals surface area contributed by atoms with Crippen molar-refractivity contribution in [2.24, 2.45) is 0 Å². The number of nitrogens with zero attached hydrogens (tertiary/aromatic N) is 1. The van der Waals surface area contributed by atoms with Crippen LogP contribution in [-0.2, 0) is 0 Å². The number of aromatic amines is 1. The highest BCUT2D eigenvalue weighted by Crippen LogP contribution is 2.05. The molecule has 1 heterocycles. The standard InChI is InChI=1S/C7H13N3O2/c1-8-3-4-10(2)7-5-6(11)9-12-7/h5,8H,3-4H2,1-2H3,(H,9,11). The predicted molar refractivity (Wildman–Crippen MR) is 46.5 cm³/mol. The molecule has 0 aliphatic heterocycles. The molecule has 1 aromatic rings. The lowest BCUT2D eigenvalue weighted by Crippen LogP contribution is -2.26. The lowest BCUT2D eigenvalue weighted by atomic mass is 10.5. The fourth-order valence-electron chi connectivity index (χ4n) is 0.851. The van der Waals surface area contributed by atoms with Gasteiger partial charge in [-0.25, -0.2) is 0 Å². The van der Waals surface area contributed by atoms with Crippen LogP contribution >= 0.6 is 0 Å². The van der Waals surface area contributed by atoms with Crippen molar-refractivity contribution in [3.8, 4) is 0 Å². The Labute approximate surface area is 70.3 Å². The first kappa shape index (κ1) is 8.86. The number of aromatic nitrogens is 1. The second-order valence-corrected chi connectivity index (χ2v) is 2.58. The summed E-state index contributed by atoms with van der Waals surface area (Å²) in [5.74, 6) is 0.565. The minimum absolute atomic E-state index is 0.207. The molecule has 0 unspecified atom stereocenters. The van der Waals surface area contributed by atoms with Crippen LogP contribution in [0.15, 0.2) is 15.4 Å². The highest BCUT2D eigenvalue weighted by molar-refractivity contribution is 5.31. The van der Waals surface area contributed by atoms with E-state index in [1.54, 1.807) is 0 Å². The quantitative estimate of drug-likeness (QED) is 0.648. The Kier molecular flexibility index (Phi) is 2.93. The number of hydrogen-bond acceptors (Lipinski definition) is 4. The Hall–Kier alpha value is -1.23. The summed E-state index contributed by atoms with van der Waals surface area (Å²) >= 11 is 0. The molecule has 0 fully saturated rings. The van der Waals surface area contributed by atoms with E-state index in [1.807, 2.05) is 19.0 Å². The normalized spacial score (nSPS) is 10.2. The van der Waals surface area contributed by atoms with Gasteiger partial charge in [0.15, 0.2) is 0 Å². The highest BCUT2D eigenvalue weighted by atomic mass is 16.5. The minimum Gasteiger partial charge on any atom is -0.361 e. The van der Waals surface area contributed by atoms with Crippen molar-refractivity contribution in [3.63, 3.8) is 0 Å². The number of nitrogens with one attached hydrogen (secondary N) is 2. The van der Waals surface area contributed by atoms with E-state index in [1.165, 1.54) is 6.07 Å². The summed E-state index contributed by atoms with van der Waals surface area (Å²) in [5.41, 5.74) is -0.207. The van der Waals surface area contributed by atoms with Crippen LogP contribution in [-0.4, -0.2) is 32.3 Å². The third-order valence-electron chi connectivity index (χ3n) is 1.58. The molecule has 68 valence electrons. The Morgan fingerprint density at radius 2 is 2.50 bits per heavy atom. The van der Waals surface area contributed by atoms with E-state index in [-0.39, 0.29) is 5.56 Å². The number of H-pyrrole nitrogens is 1. The number of hydrogen-bond donors (Lipinski definition) is 2. The molecule has 0 spiro atoms. The Morgan fingerprint density at radius 3 is 3.00 bits per heavy atom. The number of likely N-dealkylation sites (N-methyl/N-ethyl adjacent to an activating group) is 2. The molecule has 0 aromatic carbocycles. The maximum Gasteiger partial charge on any atom is 0.282 e. The molecule has 2 N–H and O–H groups in total. The van der Waals surface area contributed by atoms with Gasteiger partial charge in [0.1, 0.15) is 0 Å². The Morgan fingerprint density at radius 1 is 1.75 bits per heavy atom. The maximum absolute atomic E-state index is 10.7. The lowest BCUT2D eigenvalue weighted by molar-refractivity contribution is 0.414. The second kappa shape index (κ2) is 3.96. The maximum atomic E-state index is 10.7. The number of rotatable bonds is 4. The van der Waals surface area contributed by atoms with Gasteiger partial charge in [0, 0.05) is 20.1 Å². The summed E-state index contributed by atoms with van der Waals surface area (Å²) in [6.45, 7) is 1.66. The van der Waals surface area contributed by atoms with Gasteiger partial charge in [-0.3, -0.25) is 4.79 Å². The summed E-state index contributed by atoms with van der Waals surface area (Å²) in [7, 11) is 3.74. The van der Waals surface area contributed by atoms with E-state index in [0.29, 0.717) is 5.88 Å². The monoisotopic (exact) mass is 171 g/mol. The van der Waals surface area contributed by atoms with Crippen molar-refractivity contribution in [1.82, 2.24) is 10.5 Å². The molecule has 5 nitrogen and oxygen atoms in total. The van der Waals surface area contributed by atoms with Crippen molar-refractivity contribution < 1.29 is 4.52 Å². The molecule has 1 aromatic heterocycles. The van der Waals surface area contributed by atoms with Crippen molar-refractivity contribution in [1.29, 1.82) is 0 Å². The van der Waals surface area contributed by atoms with Gasteiger partial charge in [-0.1, -0.05) is 0 Å².